The maximum absolute atomic E-state index is 11.6. The molecule has 1 aromatic rings. The highest BCUT2D eigenvalue weighted by Gasteiger charge is 2.31. The number of carbonyl (C=O) groups is 2. The van der Waals surface area contributed by atoms with Crippen LogP contribution in [-0.2, 0) is 16.0 Å². The van der Waals surface area contributed by atoms with Crippen LogP contribution in [-0.4, -0.2) is 29.6 Å². The fraction of sp³-hybridized carbons (Fsp3) is 0.385. The molecule has 2 atom stereocenters. The highest BCUT2D eigenvalue weighted by atomic mass is 16.3. The van der Waals surface area contributed by atoms with Crippen LogP contribution in [0.3, 0.4) is 0 Å². The zero-order valence-corrected chi connectivity index (χ0v) is 10.1. The molecule has 0 spiro atoms. The summed E-state index contributed by atoms with van der Waals surface area (Å²) < 4.78 is 0. The van der Waals surface area contributed by atoms with E-state index in [2.05, 4.69) is 10.6 Å². The first-order chi connectivity index (χ1) is 8.58. The zero-order chi connectivity index (χ0) is 13.1. The van der Waals surface area contributed by atoms with Gasteiger partial charge in [0.15, 0.2) is 0 Å². The monoisotopic (exact) mass is 248 g/mol. The van der Waals surface area contributed by atoms with Crippen LogP contribution in [0.4, 0.5) is 0 Å². The van der Waals surface area contributed by atoms with Crippen molar-refractivity contribution < 1.29 is 14.7 Å². The van der Waals surface area contributed by atoms with Gasteiger partial charge in [0.25, 0.3) is 0 Å². The van der Waals surface area contributed by atoms with Gasteiger partial charge in [-0.2, -0.15) is 0 Å². The summed E-state index contributed by atoms with van der Waals surface area (Å²) in [5, 5.41) is 15.1. The van der Waals surface area contributed by atoms with Crippen molar-refractivity contribution in [3.8, 4) is 0 Å². The third-order valence-electron chi connectivity index (χ3n) is 3.02. The highest BCUT2D eigenvalue weighted by Crippen LogP contribution is 2.30. The Morgan fingerprint density at radius 3 is 2.83 bits per heavy atom. The van der Waals surface area contributed by atoms with Crippen molar-refractivity contribution in [1.82, 2.24) is 10.6 Å². The Labute approximate surface area is 105 Å². The van der Waals surface area contributed by atoms with Gasteiger partial charge in [0, 0.05) is 13.3 Å². The Balaban J connectivity index is 2.01. The van der Waals surface area contributed by atoms with E-state index in [9.17, 15) is 14.7 Å². The van der Waals surface area contributed by atoms with Gasteiger partial charge in [0.1, 0.15) is 0 Å². The normalized spacial score (nSPS) is 21.2. The molecule has 1 aliphatic rings. The smallest absolute Gasteiger partial charge is 0.239 e. The van der Waals surface area contributed by atoms with E-state index < -0.39 is 6.10 Å². The van der Waals surface area contributed by atoms with Crippen LogP contribution in [0.1, 0.15) is 24.1 Å². The van der Waals surface area contributed by atoms with Crippen LogP contribution in [0.2, 0.25) is 0 Å². The Morgan fingerprint density at radius 1 is 1.39 bits per heavy atom. The maximum atomic E-state index is 11.6. The molecule has 3 N–H and O–H groups in total. The first-order valence-corrected chi connectivity index (χ1v) is 5.87. The fourth-order valence-electron chi connectivity index (χ4n) is 2.18. The summed E-state index contributed by atoms with van der Waals surface area (Å²) in [4.78, 5) is 22.3. The van der Waals surface area contributed by atoms with Crippen LogP contribution in [0.15, 0.2) is 24.3 Å². The van der Waals surface area contributed by atoms with Gasteiger partial charge in [0.2, 0.25) is 11.8 Å². The lowest BCUT2D eigenvalue weighted by Gasteiger charge is -2.17. The van der Waals surface area contributed by atoms with Crippen molar-refractivity contribution in [3.05, 3.63) is 35.4 Å². The minimum absolute atomic E-state index is 0.0687. The van der Waals surface area contributed by atoms with Crippen molar-refractivity contribution in [2.75, 3.05) is 6.54 Å². The van der Waals surface area contributed by atoms with Crippen LogP contribution in [0, 0.1) is 0 Å². The first kappa shape index (κ1) is 12.6. The maximum Gasteiger partial charge on any atom is 0.239 e. The number of nitrogens with one attached hydrogen (secondary N) is 2. The van der Waals surface area contributed by atoms with Crippen LogP contribution >= 0.6 is 0 Å². The number of rotatable bonds is 3. The molecule has 0 bridgehead atoms. The van der Waals surface area contributed by atoms with E-state index in [1.165, 1.54) is 6.92 Å². The number of hydrogen-bond donors (Lipinski definition) is 3. The number of amides is 2. The molecular weight excluding hydrogens is 232 g/mol. The van der Waals surface area contributed by atoms with Crippen molar-refractivity contribution in [2.45, 2.75) is 25.5 Å². The summed E-state index contributed by atoms with van der Waals surface area (Å²) >= 11 is 0. The summed E-state index contributed by atoms with van der Waals surface area (Å²) in [5.41, 5.74) is 2.00. The van der Waals surface area contributed by atoms with Gasteiger partial charge in [-0.1, -0.05) is 24.3 Å². The Kier molecular flexibility index (Phi) is 3.62. The molecule has 5 nitrogen and oxygen atoms in total. The van der Waals surface area contributed by atoms with Crippen LogP contribution in [0.5, 0.6) is 0 Å². The molecular formula is C13H16N2O3. The molecule has 1 aromatic carbocycles. The Morgan fingerprint density at radius 2 is 2.11 bits per heavy atom. The van der Waals surface area contributed by atoms with E-state index in [-0.39, 0.29) is 24.4 Å². The lowest BCUT2D eigenvalue weighted by molar-refractivity contribution is -0.125. The van der Waals surface area contributed by atoms with Crippen LogP contribution < -0.4 is 10.6 Å². The molecule has 96 valence electrons. The van der Waals surface area contributed by atoms with Gasteiger partial charge < -0.3 is 15.7 Å². The highest BCUT2D eigenvalue weighted by molar-refractivity contribution is 5.84. The second-order valence-corrected chi connectivity index (χ2v) is 4.43. The molecule has 2 amide bonds. The topological polar surface area (TPSA) is 78.4 Å². The first-order valence-electron chi connectivity index (χ1n) is 5.87. The molecule has 0 unspecified atom stereocenters. The van der Waals surface area contributed by atoms with Crippen LogP contribution in [0.25, 0.3) is 0 Å². The second kappa shape index (κ2) is 5.18. The molecule has 0 fully saturated rings. The number of aliphatic hydroxyl groups excluding tert-OH is 1. The zero-order valence-electron chi connectivity index (χ0n) is 10.1. The van der Waals surface area contributed by atoms with E-state index in [0.29, 0.717) is 6.42 Å². The van der Waals surface area contributed by atoms with Crippen molar-refractivity contribution in [3.63, 3.8) is 0 Å². The number of hydrogen-bond acceptors (Lipinski definition) is 3. The molecule has 0 heterocycles. The lowest BCUT2D eigenvalue weighted by atomic mass is 10.1. The predicted octanol–water partition coefficient (Wildman–Crippen LogP) is -0.103. The average Bonchev–Trinajstić information content (AvgIpc) is 2.64. The SMILES string of the molecule is CC(=O)NCC(=O)N[C@@H]1c2ccccc2C[C@@H]1O. The van der Waals surface area contributed by atoms with Crippen molar-refractivity contribution >= 4 is 11.8 Å². The molecule has 2 rings (SSSR count). The summed E-state index contributed by atoms with van der Waals surface area (Å²) in [6.45, 7) is 1.29. The van der Waals surface area contributed by atoms with E-state index in [1.807, 2.05) is 24.3 Å². The Hall–Kier alpha value is -1.88. The summed E-state index contributed by atoms with van der Waals surface area (Å²) in [6.07, 6.45) is -0.0648. The molecule has 1 aliphatic carbocycles. The molecule has 0 radical (unpaired) electrons. The number of fused-ring (bicyclic) bond motifs is 1. The van der Waals surface area contributed by atoms with E-state index in [1.54, 1.807) is 0 Å². The standard InChI is InChI=1S/C13H16N2O3/c1-8(16)14-7-12(18)15-13-10-5-3-2-4-9(10)6-11(13)17/h2-5,11,13,17H,6-7H2,1H3,(H,14,16)(H,15,18)/t11-,13+/m0/s1. The minimum atomic E-state index is -0.608. The van der Waals surface area contributed by atoms with Gasteiger partial charge in [-0.3, -0.25) is 9.59 Å². The molecule has 0 saturated heterocycles. The van der Waals surface area contributed by atoms with Gasteiger partial charge in [-0.25, -0.2) is 0 Å². The van der Waals surface area contributed by atoms with Gasteiger partial charge in [0.05, 0.1) is 18.7 Å². The van der Waals surface area contributed by atoms with Crippen molar-refractivity contribution in [2.24, 2.45) is 0 Å². The van der Waals surface area contributed by atoms with Gasteiger partial charge in [-0.05, 0) is 11.1 Å². The number of benzene rings is 1. The van der Waals surface area contributed by atoms with E-state index in [0.717, 1.165) is 11.1 Å². The quantitative estimate of drug-likeness (QED) is 0.699. The molecule has 0 saturated carbocycles. The lowest BCUT2D eigenvalue weighted by Crippen LogP contribution is -2.40. The summed E-state index contributed by atoms with van der Waals surface area (Å²) in [6, 6.07) is 7.24. The van der Waals surface area contributed by atoms with E-state index >= 15 is 0 Å². The summed E-state index contributed by atoms with van der Waals surface area (Å²) in [7, 11) is 0. The third-order valence-corrected chi connectivity index (χ3v) is 3.02. The van der Waals surface area contributed by atoms with E-state index in [4.69, 9.17) is 0 Å². The fourth-order valence-corrected chi connectivity index (χ4v) is 2.18. The molecule has 5 heteroatoms. The average molecular weight is 248 g/mol. The summed E-state index contributed by atoms with van der Waals surface area (Å²) in [5.74, 6) is -0.552. The van der Waals surface area contributed by atoms with Gasteiger partial charge >= 0.3 is 0 Å². The molecule has 0 aliphatic heterocycles. The number of aliphatic hydroxyl groups is 1. The number of carbonyl (C=O) groups excluding carboxylic acids is 2. The third kappa shape index (κ3) is 2.68. The van der Waals surface area contributed by atoms with Crippen molar-refractivity contribution in [1.29, 1.82) is 0 Å². The minimum Gasteiger partial charge on any atom is -0.390 e. The molecule has 18 heavy (non-hydrogen) atoms. The molecule has 0 aromatic heterocycles. The van der Waals surface area contributed by atoms with Gasteiger partial charge in [-0.15, -0.1) is 0 Å². The second-order valence-electron chi connectivity index (χ2n) is 4.43. The Bertz CT molecular complexity index is 473. The largest absolute Gasteiger partial charge is 0.390 e. The predicted molar refractivity (Wildman–Crippen MR) is 65.7 cm³/mol.